The number of likely N-dealkylation sites (tertiary alicyclic amines) is 2. The summed E-state index contributed by atoms with van der Waals surface area (Å²) in [7, 11) is 0. The minimum Gasteiger partial charge on any atom is -0.336 e. The topological polar surface area (TPSA) is 69.6 Å². The lowest BCUT2D eigenvalue weighted by molar-refractivity contribution is -0.137. The molecule has 0 saturated carbocycles. The number of carbonyl (C=O) groups excluding carboxylic acids is 2. The number of hydrogen-bond donors (Lipinski definition) is 0. The van der Waals surface area contributed by atoms with Gasteiger partial charge in [0.1, 0.15) is 0 Å². The summed E-state index contributed by atoms with van der Waals surface area (Å²) in [5.74, 6) is 1.07. The Morgan fingerprint density at radius 2 is 1.89 bits per heavy atom. The lowest BCUT2D eigenvalue weighted by Gasteiger charge is -2.36. The zero-order valence-corrected chi connectivity index (χ0v) is 17.1. The van der Waals surface area contributed by atoms with Crippen LogP contribution in [0.3, 0.4) is 0 Å². The van der Waals surface area contributed by atoms with E-state index in [0.717, 1.165) is 56.0 Å². The van der Waals surface area contributed by atoms with Crippen molar-refractivity contribution in [1.29, 1.82) is 0 Å². The van der Waals surface area contributed by atoms with Crippen molar-refractivity contribution < 1.29 is 9.59 Å². The van der Waals surface area contributed by atoms with E-state index in [9.17, 15) is 9.59 Å². The predicted octanol–water partition coefficient (Wildman–Crippen LogP) is 1.92. The Labute approximate surface area is 167 Å². The van der Waals surface area contributed by atoms with Gasteiger partial charge < -0.3 is 9.80 Å². The van der Waals surface area contributed by atoms with Crippen LogP contribution in [-0.4, -0.2) is 68.7 Å². The number of carbonyl (C=O) groups is 2. The van der Waals surface area contributed by atoms with Crippen LogP contribution in [0, 0.1) is 0 Å². The van der Waals surface area contributed by atoms with Crippen molar-refractivity contribution in [3.8, 4) is 0 Å². The van der Waals surface area contributed by atoms with E-state index in [0.29, 0.717) is 13.1 Å². The van der Waals surface area contributed by atoms with Crippen molar-refractivity contribution in [3.05, 3.63) is 23.3 Å². The third-order valence-corrected chi connectivity index (χ3v) is 6.52. The van der Waals surface area contributed by atoms with Crippen LogP contribution in [0.1, 0.15) is 69.1 Å². The Balaban J connectivity index is 1.44. The lowest BCUT2D eigenvalue weighted by atomic mass is 10.0. The normalized spacial score (nSPS) is 24.1. The first-order valence-electron chi connectivity index (χ1n) is 10.7. The third-order valence-electron chi connectivity index (χ3n) is 6.52. The lowest BCUT2D eigenvalue weighted by Crippen LogP contribution is -2.50. The van der Waals surface area contributed by atoms with Gasteiger partial charge in [0.15, 0.2) is 5.82 Å². The SMILES string of the molecule is CC(=O)N1CCC[C@@H]1c1ncc2c(n1)CCN(C(=O)[C@H](C)N1CCCCC1)C2. The molecule has 3 aliphatic heterocycles. The molecule has 0 aliphatic carbocycles. The Morgan fingerprint density at radius 1 is 1.11 bits per heavy atom. The van der Waals surface area contributed by atoms with Crippen molar-refractivity contribution in [1.82, 2.24) is 24.7 Å². The number of fused-ring (bicyclic) bond motifs is 1. The van der Waals surface area contributed by atoms with Crippen LogP contribution < -0.4 is 0 Å². The van der Waals surface area contributed by atoms with Crippen LogP contribution in [0.15, 0.2) is 6.20 Å². The van der Waals surface area contributed by atoms with E-state index in [4.69, 9.17) is 4.98 Å². The fraction of sp³-hybridized carbons (Fsp3) is 0.714. The van der Waals surface area contributed by atoms with Crippen LogP contribution in [0.5, 0.6) is 0 Å². The van der Waals surface area contributed by atoms with Gasteiger partial charge in [0.25, 0.3) is 0 Å². The van der Waals surface area contributed by atoms with Gasteiger partial charge in [-0.2, -0.15) is 0 Å². The molecular weight excluding hydrogens is 354 g/mol. The first kappa shape index (κ1) is 19.3. The molecule has 0 radical (unpaired) electrons. The first-order valence-corrected chi connectivity index (χ1v) is 10.7. The molecule has 0 unspecified atom stereocenters. The molecule has 7 heteroatoms. The van der Waals surface area contributed by atoms with E-state index in [1.165, 1.54) is 19.3 Å². The second kappa shape index (κ2) is 8.15. The highest BCUT2D eigenvalue weighted by Crippen LogP contribution is 2.31. The van der Waals surface area contributed by atoms with Gasteiger partial charge in [0.2, 0.25) is 11.8 Å². The molecule has 4 heterocycles. The highest BCUT2D eigenvalue weighted by molar-refractivity contribution is 5.81. The molecule has 0 spiro atoms. The van der Waals surface area contributed by atoms with Crippen molar-refractivity contribution >= 4 is 11.8 Å². The molecule has 2 fully saturated rings. The van der Waals surface area contributed by atoms with Crippen LogP contribution in [0.4, 0.5) is 0 Å². The number of nitrogens with zero attached hydrogens (tertiary/aromatic N) is 5. The summed E-state index contributed by atoms with van der Waals surface area (Å²) < 4.78 is 0. The molecule has 2 amide bonds. The summed E-state index contributed by atoms with van der Waals surface area (Å²) in [6.07, 6.45) is 8.22. The van der Waals surface area contributed by atoms with E-state index >= 15 is 0 Å². The van der Waals surface area contributed by atoms with Crippen molar-refractivity contribution in [2.45, 2.75) is 71.0 Å². The summed E-state index contributed by atoms with van der Waals surface area (Å²) in [6.45, 7) is 7.80. The Hall–Kier alpha value is -2.02. The van der Waals surface area contributed by atoms with Gasteiger partial charge in [-0.1, -0.05) is 6.42 Å². The monoisotopic (exact) mass is 385 g/mol. The number of amides is 2. The van der Waals surface area contributed by atoms with Crippen LogP contribution in [0.25, 0.3) is 0 Å². The van der Waals surface area contributed by atoms with E-state index in [1.807, 2.05) is 22.9 Å². The highest BCUT2D eigenvalue weighted by Gasteiger charge is 2.33. The first-order chi connectivity index (χ1) is 13.5. The van der Waals surface area contributed by atoms with Crippen molar-refractivity contribution in [2.75, 3.05) is 26.2 Å². The summed E-state index contributed by atoms with van der Waals surface area (Å²) in [5, 5.41) is 0. The molecule has 1 aromatic rings. The van der Waals surface area contributed by atoms with Gasteiger partial charge >= 0.3 is 0 Å². The summed E-state index contributed by atoms with van der Waals surface area (Å²) in [6, 6.07) is -0.0498. The average molecular weight is 386 g/mol. The maximum atomic E-state index is 13.0. The van der Waals surface area contributed by atoms with Crippen LogP contribution >= 0.6 is 0 Å². The van der Waals surface area contributed by atoms with E-state index in [1.54, 1.807) is 6.92 Å². The molecular formula is C21H31N5O2. The fourth-order valence-electron chi connectivity index (χ4n) is 4.82. The molecule has 7 nitrogen and oxygen atoms in total. The molecule has 2 saturated heterocycles. The van der Waals surface area contributed by atoms with E-state index in [-0.39, 0.29) is 23.9 Å². The van der Waals surface area contributed by atoms with Gasteiger partial charge in [0, 0.05) is 44.7 Å². The summed E-state index contributed by atoms with van der Waals surface area (Å²) in [4.78, 5) is 40.4. The zero-order valence-electron chi connectivity index (χ0n) is 17.1. The van der Waals surface area contributed by atoms with Gasteiger partial charge in [-0.05, 0) is 45.7 Å². The molecule has 2 atom stereocenters. The van der Waals surface area contributed by atoms with Crippen molar-refractivity contribution in [3.63, 3.8) is 0 Å². The molecule has 0 bridgehead atoms. The number of rotatable bonds is 3. The summed E-state index contributed by atoms with van der Waals surface area (Å²) in [5.41, 5.74) is 2.08. The number of aromatic nitrogens is 2. The standard InChI is InChI=1S/C21H31N5O2/c1-15(24-9-4-3-5-10-24)21(28)25-12-8-18-17(14-25)13-22-20(23-18)19-7-6-11-26(19)16(2)27/h13,15,19H,3-12,14H2,1-2H3/t15-,19+/m0/s1. The molecule has 152 valence electrons. The quantitative estimate of drug-likeness (QED) is 0.795. The smallest absolute Gasteiger partial charge is 0.239 e. The molecule has 0 aromatic carbocycles. The average Bonchev–Trinajstić information content (AvgIpc) is 3.23. The maximum Gasteiger partial charge on any atom is 0.239 e. The Bertz CT molecular complexity index is 746. The second-order valence-corrected chi connectivity index (χ2v) is 8.35. The molecule has 1 aromatic heterocycles. The predicted molar refractivity (Wildman–Crippen MR) is 105 cm³/mol. The minimum atomic E-state index is -0.0512. The largest absolute Gasteiger partial charge is 0.336 e. The molecule has 0 N–H and O–H groups in total. The number of piperidine rings is 1. The Kier molecular flexibility index (Phi) is 5.62. The molecule has 4 rings (SSSR count). The Morgan fingerprint density at radius 3 is 2.64 bits per heavy atom. The van der Waals surface area contributed by atoms with Gasteiger partial charge in [-0.15, -0.1) is 0 Å². The highest BCUT2D eigenvalue weighted by atomic mass is 16.2. The minimum absolute atomic E-state index is 0.00147. The van der Waals surface area contributed by atoms with E-state index < -0.39 is 0 Å². The fourth-order valence-corrected chi connectivity index (χ4v) is 4.82. The summed E-state index contributed by atoms with van der Waals surface area (Å²) >= 11 is 0. The van der Waals surface area contributed by atoms with Gasteiger partial charge in [-0.25, -0.2) is 9.97 Å². The third kappa shape index (κ3) is 3.77. The van der Waals surface area contributed by atoms with E-state index in [2.05, 4.69) is 9.88 Å². The zero-order chi connectivity index (χ0) is 19.7. The van der Waals surface area contributed by atoms with Gasteiger partial charge in [0.05, 0.1) is 17.8 Å². The second-order valence-electron chi connectivity index (χ2n) is 8.35. The number of hydrogen-bond acceptors (Lipinski definition) is 5. The van der Waals surface area contributed by atoms with Crippen LogP contribution in [0.2, 0.25) is 0 Å². The molecule has 28 heavy (non-hydrogen) atoms. The van der Waals surface area contributed by atoms with Gasteiger partial charge in [-0.3, -0.25) is 14.5 Å². The maximum absolute atomic E-state index is 13.0. The van der Waals surface area contributed by atoms with Crippen LogP contribution in [-0.2, 0) is 22.6 Å². The van der Waals surface area contributed by atoms with Crippen molar-refractivity contribution in [2.24, 2.45) is 0 Å². The molecule has 3 aliphatic rings.